The highest BCUT2D eigenvalue weighted by Gasteiger charge is 2.19. The molecule has 3 heterocycles. The number of nitrogens with zero attached hydrogens (tertiary/aromatic N) is 3. The maximum atomic E-state index is 6.36. The summed E-state index contributed by atoms with van der Waals surface area (Å²) in [7, 11) is 0. The molecule has 8 rings (SSSR count). The van der Waals surface area contributed by atoms with Gasteiger partial charge in [0.25, 0.3) is 0 Å². The zero-order valence-corrected chi connectivity index (χ0v) is 22.8. The number of allylic oxidation sites excluding steroid dienone is 1. The van der Waals surface area contributed by atoms with E-state index in [1.54, 1.807) is 0 Å². The molecule has 5 nitrogen and oxygen atoms in total. The summed E-state index contributed by atoms with van der Waals surface area (Å²) < 4.78 is 6.36. The van der Waals surface area contributed by atoms with Gasteiger partial charge in [-0.3, -0.25) is 0 Å². The van der Waals surface area contributed by atoms with Gasteiger partial charge in [0.15, 0.2) is 17.5 Å². The molecule has 7 aromatic rings. The van der Waals surface area contributed by atoms with Crippen LogP contribution in [0.25, 0.3) is 61.8 Å². The Morgan fingerprint density at radius 1 is 0.571 bits per heavy atom. The lowest BCUT2D eigenvalue weighted by Gasteiger charge is -2.12. The van der Waals surface area contributed by atoms with Gasteiger partial charge < -0.3 is 9.73 Å². The second-order valence-electron chi connectivity index (χ2n) is 10.5. The maximum absolute atomic E-state index is 6.36. The van der Waals surface area contributed by atoms with Crippen molar-refractivity contribution in [3.8, 4) is 34.2 Å². The second kappa shape index (κ2) is 10.1. The van der Waals surface area contributed by atoms with Gasteiger partial charge in [0.1, 0.15) is 11.2 Å². The van der Waals surface area contributed by atoms with Gasteiger partial charge in [0.2, 0.25) is 0 Å². The molecule has 0 spiro atoms. The highest BCUT2D eigenvalue weighted by atomic mass is 16.3. The number of rotatable bonds is 4. The lowest BCUT2D eigenvalue weighted by atomic mass is 10.0. The minimum absolute atomic E-state index is 0.613. The molecule has 0 unspecified atom stereocenters. The van der Waals surface area contributed by atoms with Crippen LogP contribution >= 0.6 is 0 Å². The monoisotopic (exact) mass is 542 g/mol. The summed E-state index contributed by atoms with van der Waals surface area (Å²) in [5, 5.41) is 5.70. The Bertz CT molecular complexity index is 2060. The van der Waals surface area contributed by atoms with Crippen molar-refractivity contribution in [2.24, 2.45) is 0 Å². The number of furan rings is 1. The number of hydrogen-bond acceptors (Lipinski definition) is 5. The molecule has 0 atom stereocenters. The third-order valence-corrected chi connectivity index (χ3v) is 7.80. The number of aromatic nitrogens is 3. The molecule has 5 aromatic carbocycles. The first-order chi connectivity index (χ1) is 20.8. The third kappa shape index (κ3) is 4.32. The molecule has 0 fully saturated rings. The maximum Gasteiger partial charge on any atom is 0.164 e. The molecule has 200 valence electrons. The molecule has 0 aliphatic carbocycles. The van der Waals surface area contributed by atoms with Crippen molar-refractivity contribution in [2.45, 2.75) is 12.8 Å². The van der Waals surface area contributed by atoms with E-state index in [0.717, 1.165) is 68.4 Å². The van der Waals surface area contributed by atoms with Gasteiger partial charge >= 0.3 is 0 Å². The summed E-state index contributed by atoms with van der Waals surface area (Å²) in [6, 6.07) is 41.1. The summed E-state index contributed by atoms with van der Waals surface area (Å²) in [5.41, 5.74) is 9.13. The van der Waals surface area contributed by atoms with Gasteiger partial charge in [0, 0.05) is 38.8 Å². The number of hydrogen-bond donors (Lipinski definition) is 1. The Balaban J connectivity index is 1.31. The normalized spacial score (nSPS) is 12.9. The number of fused-ring (bicyclic) bond motifs is 4. The Morgan fingerprint density at radius 2 is 1.26 bits per heavy atom. The summed E-state index contributed by atoms with van der Waals surface area (Å²) >= 11 is 0. The zero-order valence-electron chi connectivity index (χ0n) is 22.8. The van der Waals surface area contributed by atoms with Gasteiger partial charge in [-0.05, 0) is 54.3 Å². The predicted octanol–water partition coefficient (Wildman–Crippen LogP) is 9.17. The van der Waals surface area contributed by atoms with E-state index in [2.05, 4.69) is 59.9 Å². The molecule has 0 amide bonds. The van der Waals surface area contributed by atoms with Crippen LogP contribution in [-0.2, 0) is 6.42 Å². The van der Waals surface area contributed by atoms with E-state index >= 15 is 0 Å². The molecule has 1 aliphatic heterocycles. The quantitative estimate of drug-likeness (QED) is 0.240. The van der Waals surface area contributed by atoms with Crippen LogP contribution in [0.4, 0.5) is 5.69 Å². The second-order valence-corrected chi connectivity index (χ2v) is 10.5. The first-order valence-electron chi connectivity index (χ1n) is 14.2. The van der Waals surface area contributed by atoms with E-state index in [-0.39, 0.29) is 0 Å². The SMILES string of the molecule is C1=C(c2ccc3oc4cccc(-c5nc(-c6ccccc6)nc(-c6ccccc6)n5)c4c3c2)Nc2ccccc2CC1. The molecule has 5 heteroatoms. The van der Waals surface area contributed by atoms with Crippen LogP contribution in [0.15, 0.2) is 132 Å². The molecular weight excluding hydrogens is 516 g/mol. The molecular formula is C37H26N4O. The Morgan fingerprint density at radius 3 is 2.02 bits per heavy atom. The molecule has 2 aromatic heterocycles. The molecule has 0 bridgehead atoms. The molecule has 0 saturated carbocycles. The van der Waals surface area contributed by atoms with E-state index in [0.29, 0.717) is 17.5 Å². The standard InChI is InChI=1S/C37H26N4O/c1-3-12-25(13-4-1)35-39-36(26-14-5-2-6-15-26)41-37(40-35)28-17-10-20-33-34(28)29-23-27(21-22-32(29)42-33)31-19-9-16-24-11-7-8-18-30(24)38-31/h1-8,10-15,17-23,38H,9,16H2. The van der Waals surface area contributed by atoms with E-state index in [1.165, 1.54) is 5.56 Å². The first kappa shape index (κ1) is 24.3. The Kier molecular flexibility index (Phi) is 5.85. The summed E-state index contributed by atoms with van der Waals surface area (Å²) in [6.07, 6.45) is 4.28. The van der Waals surface area contributed by atoms with Gasteiger partial charge in [0.05, 0.1) is 0 Å². The lowest BCUT2D eigenvalue weighted by molar-refractivity contribution is 0.669. The highest BCUT2D eigenvalue weighted by molar-refractivity contribution is 6.12. The van der Waals surface area contributed by atoms with Crippen LogP contribution in [0, 0.1) is 0 Å². The van der Waals surface area contributed by atoms with E-state index in [4.69, 9.17) is 19.4 Å². The fourth-order valence-electron chi connectivity index (χ4n) is 5.73. The van der Waals surface area contributed by atoms with Crippen LogP contribution in [0.5, 0.6) is 0 Å². The first-order valence-corrected chi connectivity index (χ1v) is 14.2. The molecule has 42 heavy (non-hydrogen) atoms. The van der Waals surface area contributed by atoms with Gasteiger partial charge in [-0.25, -0.2) is 15.0 Å². The van der Waals surface area contributed by atoms with E-state index in [1.807, 2.05) is 72.8 Å². The van der Waals surface area contributed by atoms with Gasteiger partial charge in [-0.15, -0.1) is 0 Å². The van der Waals surface area contributed by atoms with E-state index < -0.39 is 0 Å². The number of aryl methyl sites for hydroxylation is 1. The fraction of sp³-hybridized carbons (Fsp3) is 0.0541. The predicted molar refractivity (Wildman–Crippen MR) is 170 cm³/mol. The van der Waals surface area contributed by atoms with Crippen LogP contribution in [0.1, 0.15) is 17.5 Å². The van der Waals surface area contributed by atoms with Crippen molar-refractivity contribution < 1.29 is 4.42 Å². The van der Waals surface area contributed by atoms with Crippen LogP contribution in [-0.4, -0.2) is 15.0 Å². The summed E-state index contributed by atoms with van der Waals surface area (Å²) in [5.74, 6) is 1.88. The topological polar surface area (TPSA) is 63.8 Å². The fourth-order valence-corrected chi connectivity index (χ4v) is 5.73. The molecule has 1 N–H and O–H groups in total. The molecule has 1 aliphatic rings. The van der Waals surface area contributed by atoms with Crippen LogP contribution < -0.4 is 5.32 Å². The number of para-hydroxylation sites is 1. The minimum atomic E-state index is 0.613. The van der Waals surface area contributed by atoms with E-state index in [9.17, 15) is 0 Å². The van der Waals surface area contributed by atoms with Crippen molar-refractivity contribution in [1.82, 2.24) is 15.0 Å². The van der Waals surface area contributed by atoms with Crippen LogP contribution in [0.3, 0.4) is 0 Å². The van der Waals surface area contributed by atoms with Gasteiger partial charge in [-0.2, -0.15) is 0 Å². The van der Waals surface area contributed by atoms with Crippen molar-refractivity contribution >= 4 is 33.3 Å². The van der Waals surface area contributed by atoms with Gasteiger partial charge in [-0.1, -0.05) is 97.1 Å². The highest BCUT2D eigenvalue weighted by Crippen LogP contribution is 2.38. The summed E-state index contributed by atoms with van der Waals surface area (Å²) in [4.78, 5) is 14.9. The largest absolute Gasteiger partial charge is 0.456 e. The summed E-state index contributed by atoms with van der Waals surface area (Å²) in [6.45, 7) is 0. The number of anilines is 1. The molecule has 0 radical (unpaired) electrons. The number of benzene rings is 5. The minimum Gasteiger partial charge on any atom is -0.456 e. The Labute approximate surface area is 243 Å². The Hall–Kier alpha value is -5.55. The van der Waals surface area contributed by atoms with Crippen LogP contribution in [0.2, 0.25) is 0 Å². The average Bonchev–Trinajstić information content (AvgIpc) is 3.29. The average molecular weight is 543 g/mol. The van der Waals surface area contributed by atoms with Crippen molar-refractivity contribution in [3.05, 3.63) is 139 Å². The third-order valence-electron chi connectivity index (χ3n) is 7.80. The number of nitrogens with one attached hydrogen (secondary N) is 1. The zero-order chi connectivity index (χ0) is 27.9. The molecule has 0 saturated heterocycles. The van der Waals surface area contributed by atoms with Crippen molar-refractivity contribution in [3.63, 3.8) is 0 Å². The van der Waals surface area contributed by atoms with Crippen molar-refractivity contribution in [1.29, 1.82) is 0 Å². The van der Waals surface area contributed by atoms with Crippen molar-refractivity contribution in [2.75, 3.05) is 5.32 Å². The smallest absolute Gasteiger partial charge is 0.164 e. The lowest BCUT2D eigenvalue weighted by Crippen LogP contribution is -2.00.